The molecule has 72 valence electrons. The van der Waals surface area contributed by atoms with Crippen LogP contribution in [-0.4, -0.2) is 50.3 Å². The summed E-state index contributed by atoms with van der Waals surface area (Å²) in [7, 11) is 2.01. The molecule has 0 aromatic heterocycles. The average molecular weight is 172 g/mol. The van der Waals surface area contributed by atoms with Gasteiger partial charge in [0.05, 0.1) is 13.2 Å². The molecule has 0 atom stereocenters. The van der Waals surface area contributed by atoms with Crippen LogP contribution in [0.4, 0.5) is 0 Å². The highest BCUT2D eigenvalue weighted by Gasteiger charge is 2.20. The van der Waals surface area contributed by atoms with Crippen molar-refractivity contribution < 1.29 is 4.74 Å². The molecule has 1 N–H and O–H groups in total. The zero-order valence-corrected chi connectivity index (χ0v) is 8.39. The Morgan fingerprint density at radius 1 is 1.33 bits per heavy atom. The van der Waals surface area contributed by atoms with Crippen molar-refractivity contribution in [1.82, 2.24) is 10.2 Å². The maximum atomic E-state index is 5.29. The number of hydrogen-bond donors (Lipinski definition) is 1. The molecule has 0 bridgehead atoms. The van der Waals surface area contributed by atoms with Crippen molar-refractivity contribution >= 4 is 0 Å². The summed E-state index contributed by atoms with van der Waals surface area (Å²) < 4.78 is 5.29. The van der Waals surface area contributed by atoms with E-state index >= 15 is 0 Å². The summed E-state index contributed by atoms with van der Waals surface area (Å²) in [5.41, 5.74) is 0.220. The van der Waals surface area contributed by atoms with Crippen LogP contribution in [-0.2, 0) is 4.74 Å². The molecule has 0 aromatic rings. The molecular weight excluding hydrogens is 152 g/mol. The normalized spacial score (nSPS) is 21.2. The second-order valence-electron chi connectivity index (χ2n) is 4.02. The van der Waals surface area contributed by atoms with E-state index in [1.165, 1.54) is 0 Å². The molecular formula is C9H20N2O. The Labute approximate surface area is 75.1 Å². The molecule has 1 fully saturated rings. The van der Waals surface area contributed by atoms with Crippen LogP contribution in [0.2, 0.25) is 0 Å². The van der Waals surface area contributed by atoms with Gasteiger partial charge in [0.25, 0.3) is 0 Å². The van der Waals surface area contributed by atoms with Crippen molar-refractivity contribution in [2.75, 3.05) is 39.9 Å². The Kier molecular flexibility index (Phi) is 3.50. The molecule has 1 aliphatic heterocycles. The fourth-order valence-electron chi connectivity index (χ4n) is 1.40. The van der Waals surface area contributed by atoms with Gasteiger partial charge in [0, 0.05) is 25.2 Å². The van der Waals surface area contributed by atoms with Gasteiger partial charge >= 0.3 is 0 Å². The van der Waals surface area contributed by atoms with Crippen LogP contribution >= 0.6 is 0 Å². The van der Waals surface area contributed by atoms with Gasteiger partial charge in [-0.15, -0.1) is 0 Å². The lowest BCUT2D eigenvalue weighted by molar-refractivity contribution is 0.0277. The van der Waals surface area contributed by atoms with Gasteiger partial charge in [0.15, 0.2) is 0 Å². The number of likely N-dealkylation sites (N-methyl/N-ethyl adjacent to an activating group) is 1. The summed E-state index contributed by atoms with van der Waals surface area (Å²) in [6, 6.07) is 0. The molecule has 3 nitrogen and oxygen atoms in total. The first-order valence-electron chi connectivity index (χ1n) is 4.63. The molecule has 0 unspecified atom stereocenters. The third-order valence-electron chi connectivity index (χ3n) is 2.40. The third-order valence-corrected chi connectivity index (χ3v) is 2.40. The second-order valence-corrected chi connectivity index (χ2v) is 4.02. The first-order valence-corrected chi connectivity index (χ1v) is 4.63. The standard InChI is InChI=1S/C9H20N2O/c1-9(2,10-3)8-11-4-6-12-7-5-11/h10H,4-8H2,1-3H3. The molecule has 12 heavy (non-hydrogen) atoms. The third kappa shape index (κ3) is 3.09. The molecule has 1 aliphatic rings. The molecule has 3 heteroatoms. The minimum atomic E-state index is 0.220. The first-order chi connectivity index (χ1) is 5.64. The van der Waals surface area contributed by atoms with Crippen LogP contribution < -0.4 is 5.32 Å². The first kappa shape index (κ1) is 9.96. The largest absolute Gasteiger partial charge is 0.379 e. The van der Waals surface area contributed by atoms with E-state index in [4.69, 9.17) is 4.74 Å². The maximum Gasteiger partial charge on any atom is 0.0594 e. The zero-order valence-electron chi connectivity index (χ0n) is 8.39. The van der Waals surface area contributed by atoms with Gasteiger partial charge in [0.1, 0.15) is 0 Å². The molecule has 1 saturated heterocycles. The van der Waals surface area contributed by atoms with Gasteiger partial charge in [-0.25, -0.2) is 0 Å². The molecule has 0 amide bonds. The minimum absolute atomic E-state index is 0.220. The number of ether oxygens (including phenoxy) is 1. The van der Waals surface area contributed by atoms with Crippen molar-refractivity contribution in [2.45, 2.75) is 19.4 Å². The van der Waals surface area contributed by atoms with Crippen molar-refractivity contribution in [3.63, 3.8) is 0 Å². The summed E-state index contributed by atoms with van der Waals surface area (Å²) >= 11 is 0. The monoisotopic (exact) mass is 172 g/mol. The molecule has 1 rings (SSSR count). The van der Waals surface area contributed by atoms with Crippen molar-refractivity contribution in [3.8, 4) is 0 Å². The maximum absolute atomic E-state index is 5.29. The lowest BCUT2D eigenvalue weighted by Gasteiger charge is -2.34. The molecule has 0 saturated carbocycles. The van der Waals surface area contributed by atoms with Gasteiger partial charge in [-0.2, -0.15) is 0 Å². The molecule has 0 radical (unpaired) electrons. The van der Waals surface area contributed by atoms with Gasteiger partial charge < -0.3 is 10.1 Å². The van der Waals surface area contributed by atoms with Gasteiger partial charge in [-0.3, -0.25) is 4.90 Å². The lowest BCUT2D eigenvalue weighted by Crippen LogP contribution is -2.50. The zero-order chi connectivity index (χ0) is 9.03. The SMILES string of the molecule is CNC(C)(C)CN1CCOCC1. The van der Waals surface area contributed by atoms with E-state index in [0.29, 0.717) is 0 Å². The Morgan fingerprint density at radius 3 is 2.42 bits per heavy atom. The molecule has 1 heterocycles. The summed E-state index contributed by atoms with van der Waals surface area (Å²) in [6.45, 7) is 9.48. The number of hydrogen-bond acceptors (Lipinski definition) is 3. The Balaban J connectivity index is 2.28. The van der Waals surface area contributed by atoms with Crippen LogP contribution in [0.1, 0.15) is 13.8 Å². The highest BCUT2D eigenvalue weighted by molar-refractivity contribution is 4.80. The number of nitrogens with one attached hydrogen (secondary N) is 1. The van der Waals surface area contributed by atoms with Gasteiger partial charge in [0.2, 0.25) is 0 Å². The van der Waals surface area contributed by atoms with E-state index in [-0.39, 0.29) is 5.54 Å². The van der Waals surface area contributed by atoms with E-state index in [2.05, 4.69) is 24.1 Å². The van der Waals surface area contributed by atoms with Crippen molar-refractivity contribution in [1.29, 1.82) is 0 Å². The highest BCUT2D eigenvalue weighted by atomic mass is 16.5. The molecule has 0 spiro atoms. The van der Waals surface area contributed by atoms with Crippen LogP contribution in [0.5, 0.6) is 0 Å². The number of nitrogens with zero attached hydrogens (tertiary/aromatic N) is 1. The fraction of sp³-hybridized carbons (Fsp3) is 1.00. The Hall–Kier alpha value is -0.120. The predicted molar refractivity (Wildman–Crippen MR) is 50.4 cm³/mol. The predicted octanol–water partition coefficient (Wildman–Crippen LogP) is 0.317. The van der Waals surface area contributed by atoms with Crippen LogP contribution in [0, 0.1) is 0 Å². The fourth-order valence-corrected chi connectivity index (χ4v) is 1.40. The number of morpholine rings is 1. The van der Waals surface area contributed by atoms with E-state index in [0.717, 1.165) is 32.8 Å². The summed E-state index contributed by atoms with van der Waals surface area (Å²) in [6.07, 6.45) is 0. The van der Waals surface area contributed by atoms with E-state index in [9.17, 15) is 0 Å². The lowest BCUT2D eigenvalue weighted by atomic mass is 10.1. The van der Waals surface area contributed by atoms with E-state index < -0.39 is 0 Å². The minimum Gasteiger partial charge on any atom is -0.379 e. The Bertz CT molecular complexity index is 130. The summed E-state index contributed by atoms with van der Waals surface area (Å²) in [4.78, 5) is 2.44. The highest BCUT2D eigenvalue weighted by Crippen LogP contribution is 2.06. The van der Waals surface area contributed by atoms with Crippen molar-refractivity contribution in [2.24, 2.45) is 0 Å². The van der Waals surface area contributed by atoms with Crippen LogP contribution in [0.15, 0.2) is 0 Å². The quantitative estimate of drug-likeness (QED) is 0.663. The van der Waals surface area contributed by atoms with Gasteiger partial charge in [-0.1, -0.05) is 0 Å². The van der Waals surface area contributed by atoms with Crippen molar-refractivity contribution in [3.05, 3.63) is 0 Å². The summed E-state index contributed by atoms with van der Waals surface area (Å²) in [5.74, 6) is 0. The average Bonchev–Trinajstić information content (AvgIpc) is 2.06. The molecule has 0 aliphatic carbocycles. The second kappa shape index (κ2) is 4.21. The van der Waals surface area contributed by atoms with Crippen LogP contribution in [0.3, 0.4) is 0 Å². The smallest absolute Gasteiger partial charge is 0.0594 e. The Morgan fingerprint density at radius 2 is 1.92 bits per heavy atom. The molecule has 0 aromatic carbocycles. The number of rotatable bonds is 3. The van der Waals surface area contributed by atoms with E-state index in [1.54, 1.807) is 0 Å². The van der Waals surface area contributed by atoms with Crippen LogP contribution in [0.25, 0.3) is 0 Å². The topological polar surface area (TPSA) is 24.5 Å². The van der Waals surface area contributed by atoms with Gasteiger partial charge in [-0.05, 0) is 20.9 Å². The summed E-state index contributed by atoms with van der Waals surface area (Å²) in [5, 5.41) is 3.31. The van der Waals surface area contributed by atoms with E-state index in [1.807, 2.05) is 7.05 Å².